The van der Waals surface area contributed by atoms with Crippen molar-refractivity contribution in [1.82, 2.24) is 9.97 Å². The molecule has 3 rings (SSSR count). The van der Waals surface area contributed by atoms with Crippen LogP contribution in [0.3, 0.4) is 0 Å². The van der Waals surface area contributed by atoms with Gasteiger partial charge in [-0.1, -0.05) is 17.7 Å². The molecule has 3 nitrogen and oxygen atoms in total. The van der Waals surface area contributed by atoms with Crippen LogP contribution in [-0.2, 0) is 0 Å². The molecule has 6 heteroatoms. The Labute approximate surface area is 123 Å². The van der Waals surface area contributed by atoms with Crippen molar-refractivity contribution in [2.45, 2.75) is 0 Å². The van der Waals surface area contributed by atoms with E-state index in [0.29, 0.717) is 5.39 Å². The van der Waals surface area contributed by atoms with Crippen LogP contribution in [0.2, 0.25) is 5.15 Å². The first-order chi connectivity index (χ1) is 10.1. The van der Waals surface area contributed by atoms with Gasteiger partial charge in [-0.05, 0) is 36.4 Å². The molecule has 1 heterocycles. The van der Waals surface area contributed by atoms with Crippen molar-refractivity contribution < 1.29 is 13.6 Å². The zero-order valence-corrected chi connectivity index (χ0v) is 11.2. The minimum atomic E-state index is -0.593. The smallest absolute Gasteiger partial charge is 0.230 e. The highest BCUT2D eigenvalue weighted by atomic mass is 35.5. The number of fused-ring (bicyclic) bond motifs is 1. The van der Waals surface area contributed by atoms with E-state index in [9.17, 15) is 13.6 Å². The lowest BCUT2D eigenvalue weighted by molar-refractivity contribution is 0.102. The van der Waals surface area contributed by atoms with Gasteiger partial charge in [0.1, 0.15) is 22.3 Å². The number of aromatic nitrogens is 2. The van der Waals surface area contributed by atoms with E-state index in [1.165, 1.54) is 24.3 Å². The summed E-state index contributed by atoms with van der Waals surface area (Å²) in [7, 11) is 0. The minimum absolute atomic E-state index is 0.00929. The number of hydrogen-bond donors (Lipinski definition) is 0. The molecule has 0 aliphatic rings. The van der Waals surface area contributed by atoms with E-state index >= 15 is 0 Å². The second-order valence-electron chi connectivity index (χ2n) is 4.31. The molecule has 0 N–H and O–H groups in total. The molecule has 0 aliphatic heterocycles. The Morgan fingerprint density at radius 2 is 1.71 bits per heavy atom. The highest BCUT2D eigenvalue weighted by Crippen LogP contribution is 2.23. The Bertz CT molecular complexity index is 850. The Balaban J connectivity index is 2.14. The van der Waals surface area contributed by atoms with Gasteiger partial charge < -0.3 is 0 Å². The molecule has 3 aromatic rings. The molecule has 0 fully saturated rings. The van der Waals surface area contributed by atoms with E-state index in [1.807, 2.05) is 0 Å². The summed E-state index contributed by atoms with van der Waals surface area (Å²) < 4.78 is 26.6. The van der Waals surface area contributed by atoms with Crippen LogP contribution in [0.4, 0.5) is 8.78 Å². The maximum atomic E-state index is 13.8. The molecule has 0 saturated heterocycles. The Hall–Kier alpha value is -2.40. The monoisotopic (exact) mass is 304 g/mol. The van der Waals surface area contributed by atoms with Crippen molar-refractivity contribution in [2.75, 3.05) is 0 Å². The lowest BCUT2D eigenvalue weighted by atomic mass is 10.1. The van der Waals surface area contributed by atoms with Crippen molar-refractivity contribution >= 4 is 28.3 Å². The van der Waals surface area contributed by atoms with Crippen molar-refractivity contribution in [3.05, 3.63) is 70.6 Å². The molecule has 0 aliphatic carbocycles. The van der Waals surface area contributed by atoms with Gasteiger partial charge in [0.2, 0.25) is 11.6 Å². The Morgan fingerprint density at radius 3 is 2.43 bits per heavy atom. The predicted octanol–water partition coefficient (Wildman–Crippen LogP) is 3.79. The molecule has 0 radical (unpaired) electrons. The van der Waals surface area contributed by atoms with Gasteiger partial charge in [-0.2, -0.15) is 0 Å². The van der Waals surface area contributed by atoms with Crippen LogP contribution in [0, 0.1) is 11.6 Å². The number of carbonyl (C=O) groups excluding carboxylic acids is 1. The van der Waals surface area contributed by atoms with Gasteiger partial charge in [0.05, 0.1) is 0 Å². The summed E-state index contributed by atoms with van der Waals surface area (Å²) in [6, 6.07) is 9.17. The SMILES string of the molecule is O=C(c1ccc(F)cc1)c1nc(Cl)c2cccc(F)c2n1. The Kier molecular flexibility index (Phi) is 3.35. The number of hydrogen-bond acceptors (Lipinski definition) is 3. The molecule has 0 unspecified atom stereocenters. The maximum absolute atomic E-state index is 13.8. The van der Waals surface area contributed by atoms with Gasteiger partial charge in [0.25, 0.3) is 0 Å². The van der Waals surface area contributed by atoms with Crippen molar-refractivity contribution in [3.8, 4) is 0 Å². The summed E-state index contributed by atoms with van der Waals surface area (Å²) in [6.07, 6.45) is 0. The zero-order valence-electron chi connectivity index (χ0n) is 10.5. The van der Waals surface area contributed by atoms with E-state index in [2.05, 4.69) is 9.97 Å². The van der Waals surface area contributed by atoms with Crippen LogP contribution < -0.4 is 0 Å². The van der Waals surface area contributed by atoms with Crippen LogP contribution >= 0.6 is 11.6 Å². The lowest BCUT2D eigenvalue weighted by Gasteiger charge is -2.04. The number of nitrogens with zero attached hydrogens (tertiary/aromatic N) is 2. The van der Waals surface area contributed by atoms with Crippen LogP contribution in [0.25, 0.3) is 10.9 Å². The standard InChI is InChI=1S/C15H7ClF2N2O/c16-14-10-2-1-3-11(18)12(10)19-15(20-14)13(21)8-4-6-9(17)7-5-8/h1-7H. The molecule has 0 atom stereocenters. The molecular formula is C15H7ClF2N2O. The van der Waals surface area contributed by atoms with Crippen molar-refractivity contribution in [3.63, 3.8) is 0 Å². The largest absolute Gasteiger partial charge is 0.285 e. The summed E-state index contributed by atoms with van der Waals surface area (Å²) in [6.45, 7) is 0. The highest BCUT2D eigenvalue weighted by Gasteiger charge is 2.16. The fourth-order valence-electron chi connectivity index (χ4n) is 1.91. The van der Waals surface area contributed by atoms with E-state index in [0.717, 1.165) is 12.1 Å². The zero-order chi connectivity index (χ0) is 15.0. The first-order valence-electron chi connectivity index (χ1n) is 5.98. The molecule has 0 spiro atoms. The van der Waals surface area contributed by atoms with Gasteiger partial charge in [-0.3, -0.25) is 4.79 Å². The third kappa shape index (κ3) is 2.48. The average molecular weight is 305 g/mol. The molecule has 2 aromatic carbocycles. The quantitative estimate of drug-likeness (QED) is 0.534. The summed E-state index contributed by atoms with van der Waals surface area (Å²) >= 11 is 5.96. The maximum Gasteiger partial charge on any atom is 0.230 e. The summed E-state index contributed by atoms with van der Waals surface area (Å²) in [5.41, 5.74) is 0.172. The molecule has 104 valence electrons. The summed E-state index contributed by atoms with van der Waals surface area (Å²) in [5.74, 6) is -1.84. The van der Waals surface area contributed by atoms with E-state index in [1.54, 1.807) is 6.07 Å². The van der Waals surface area contributed by atoms with Crippen molar-refractivity contribution in [1.29, 1.82) is 0 Å². The van der Waals surface area contributed by atoms with E-state index < -0.39 is 17.4 Å². The minimum Gasteiger partial charge on any atom is -0.285 e. The van der Waals surface area contributed by atoms with Crippen LogP contribution in [-0.4, -0.2) is 15.8 Å². The lowest BCUT2D eigenvalue weighted by Crippen LogP contribution is -2.08. The van der Waals surface area contributed by atoms with E-state index in [-0.39, 0.29) is 22.1 Å². The number of rotatable bonds is 2. The fraction of sp³-hybridized carbons (Fsp3) is 0. The summed E-state index contributed by atoms with van der Waals surface area (Å²) in [4.78, 5) is 20.0. The van der Waals surface area contributed by atoms with Gasteiger partial charge in [0.15, 0.2) is 0 Å². The number of carbonyl (C=O) groups is 1. The second kappa shape index (κ2) is 5.18. The molecule has 1 aromatic heterocycles. The third-order valence-electron chi connectivity index (χ3n) is 2.94. The topological polar surface area (TPSA) is 42.9 Å². The predicted molar refractivity (Wildman–Crippen MR) is 74.3 cm³/mol. The molecular weight excluding hydrogens is 298 g/mol. The normalized spacial score (nSPS) is 10.8. The number of halogens is 3. The van der Waals surface area contributed by atoms with Gasteiger partial charge in [0, 0.05) is 10.9 Å². The van der Waals surface area contributed by atoms with Gasteiger partial charge in [-0.25, -0.2) is 18.7 Å². The molecule has 0 bridgehead atoms. The highest BCUT2D eigenvalue weighted by molar-refractivity contribution is 6.34. The van der Waals surface area contributed by atoms with Crippen LogP contribution in [0.1, 0.15) is 16.2 Å². The fourth-order valence-corrected chi connectivity index (χ4v) is 2.14. The van der Waals surface area contributed by atoms with Crippen LogP contribution in [0.5, 0.6) is 0 Å². The molecule has 0 saturated carbocycles. The first-order valence-corrected chi connectivity index (χ1v) is 6.36. The third-order valence-corrected chi connectivity index (χ3v) is 3.23. The number of benzene rings is 2. The number of para-hydroxylation sites is 1. The average Bonchev–Trinajstić information content (AvgIpc) is 2.48. The van der Waals surface area contributed by atoms with Gasteiger partial charge >= 0.3 is 0 Å². The number of ketones is 1. The molecule has 0 amide bonds. The summed E-state index contributed by atoms with van der Waals surface area (Å²) in [5, 5.41) is 0.317. The van der Waals surface area contributed by atoms with Crippen LogP contribution in [0.15, 0.2) is 42.5 Å². The van der Waals surface area contributed by atoms with Gasteiger partial charge in [-0.15, -0.1) is 0 Å². The van der Waals surface area contributed by atoms with Crippen molar-refractivity contribution in [2.24, 2.45) is 0 Å². The Morgan fingerprint density at radius 1 is 1.00 bits per heavy atom. The second-order valence-corrected chi connectivity index (χ2v) is 4.67. The first kappa shape index (κ1) is 13.6. The molecule has 21 heavy (non-hydrogen) atoms. The van der Waals surface area contributed by atoms with E-state index in [4.69, 9.17) is 11.6 Å².